The standard InChI is InChI=1S/C33H29ClN2O4/c1-35(2)17-6-18-36-29(23-8-5-9-25(19-23)39-20-21-11-14-24(34)15-12-21)28-30(37)27-16-13-22-7-3-4-10-26(22)31(27)40-32(28)33(36)38/h3-5,7-16,19,29H,6,17-18,20H2,1-2H3. The molecule has 1 atom stereocenters. The summed E-state index contributed by atoms with van der Waals surface area (Å²) in [5, 5.41) is 2.91. The molecule has 202 valence electrons. The number of rotatable bonds is 8. The third-order valence-corrected chi connectivity index (χ3v) is 7.61. The number of hydrogen-bond acceptors (Lipinski definition) is 5. The van der Waals surface area contributed by atoms with E-state index in [2.05, 4.69) is 4.90 Å². The van der Waals surface area contributed by atoms with Gasteiger partial charge in [0.1, 0.15) is 17.9 Å². The molecule has 0 radical (unpaired) electrons. The van der Waals surface area contributed by atoms with Crippen LogP contribution in [0.15, 0.2) is 94.1 Å². The van der Waals surface area contributed by atoms with E-state index in [-0.39, 0.29) is 17.1 Å². The number of fused-ring (bicyclic) bond motifs is 4. The maximum atomic E-state index is 14.1. The molecular weight excluding hydrogens is 524 g/mol. The van der Waals surface area contributed by atoms with Gasteiger partial charge in [-0.3, -0.25) is 9.59 Å². The monoisotopic (exact) mass is 552 g/mol. The van der Waals surface area contributed by atoms with Crippen molar-refractivity contribution in [2.75, 3.05) is 27.2 Å². The first-order valence-corrected chi connectivity index (χ1v) is 13.7. The number of carbonyl (C=O) groups is 1. The van der Waals surface area contributed by atoms with Gasteiger partial charge in [-0.2, -0.15) is 0 Å². The van der Waals surface area contributed by atoms with Gasteiger partial charge in [-0.1, -0.05) is 66.2 Å². The minimum absolute atomic E-state index is 0.121. The topological polar surface area (TPSA) is 63.0 Å². The second kappa shape index (κ2) is 10.8. The van der Waals surface area contributed by atoms with Crippen LogP contribution in [0.4, 0.5) is 0 Å². The molecule has 1 amide bonds. The van der Waals surface area contributed by atoms with Gasteiger partial charge in [0.2, 0.25) is 5.76 Å². The van der Waals surface area contributed by atoms with Crippen molar-refractivity contribution in [3.8, 4) is 5.75 Å². The zero-order chi connectivity index (χ0) is 27.8. The maximum absolute atomic E-state index is 14.1. The first kappa shape index (κ1) is 26.1. The molecule has 0 fully saturated rings. The Morgan fingerprint density at radius 2 is 1.73 bits per heavy atom. The summed E-state index contributed by atoms with van der Waals surface area (Å²) in [6.45, 7) is 1.66. The molecule has 0 N–H and O–H groups in total. The zero-order valence-corrected chi connectivity index (χ0v) is 23.1. The van der Waals surface area contributed by atoms with Gasteiger partial charge >= 0.3 is 0 Å². The molecule has 1 aliphatic rings. The van der Waals surface area contributed by atoms with Crippen molar-refractivity contribution in [2.45, 2.75) is 19.1 Å². The Hall–Kier alpha value is -4.13. The molecule has 0 saturated carbocycles. The van der Waals surface area contributed by atoms with Gasteiger partial charge in [0.05, 0.1) is 17.0 Å². The lowest BCUT2D eigenvalue weighted by Crippen LogP contribution is -2.32. The molecule has 0 aliphatic carbocycles. The van der Waals surface area contributed by atoms with Gasteiger partial charge in [0, 0.05) is 17.0 Å². The number of amides is 1. The van der Waals surface area contributed by atoms with Crippen molar-refractivity contribution < 1.29 is 13.9 Å². The Labute approximate surface area is 237 Å². The van der Waals surface area contributed by atoms with E-state index in [1.165, 1.54) is 0 Å². The number of ether oxygens (including phenoxy) is 1. The second-order valence-electron chi connectivity index (χ2n) is 10.4. The second-order valence-corrected chi connectivity index (χ2v) is 10.8. The maximum Gasteiger partial charge on any atom is 0.290 e. The first-order valence-electron chi connectivity index (χ1n) is 13.3. The Morgan fingerprint density at radius 3 is 2.52 bits per heavy atom. The van der Waals surface area contributed by atoms with Gasteiger partial charge < -0.3 is 19.0 Å². The molecule has 0 saturated heterocycles. The van der Waals surface area contributed by atoms with Crippen molar-refractivity contribution in [2.24, 2.45) is 0 Å². The van der Waals surface area contributed by atoms with Gasteiger partial charge in [-0.25, -0.2) is 0 Å². The Morgan fingerprint density at radius 1 is 0.925 bits per heavy atom. The number of hydrogen-bond donors (Lipinski definition) is 0. The quantitative estimate of drug-likeness (QED) is 0.201. The number of carbonyl (C=O) groups excluding carboxylic acids is 1. The molecule has 2 heterocycles. The molecule has 1 aromatic heterocycles. The van der Waals surface area contributed by atoms with Crippen molar-refractivity contribution >= 4 is 39.2 Å². The SMILES string of the molecule is CN(C)CCCN1C(=O)c2oc3c(ccc4ccccc43)c(=O)c2C1c1cccc(OCc2ccc(Cl)cc2)c1. The van der Waals surface area contributed by atoms with E-state index >= 15 is 0 Å². The normalized spacial score (nSPS) is 14.8. The predicted molar refractivity (Wildman–Crippen MR) is 158 cm³/mol. The van der Waals surface area contributed by atoms with Gasteiger partial charge in [0.25, 0.3) is 5.91 Å². The molecule has 1 aliphatic heterocycles. The van der Waals surface area contributed by atoms with Gasteiger partial charge in [0.15, 0.2) is 5.43 Å². The lowest BCUT2D eigenvalue weighted by Gasteiger charge is -2.26. The smallest absolute Gasteiger partial charge is 0.290 e. The van der Waals surface area contributed by atoms with Crippen LogP contribution >= 0.6 is 11.6 Å². The predicted octanol–water partition coefficient (Wildman–Crippen LogP) is 6.68. The molecule has 40 heavy (non-hydrogen) atoms. The largest absolute Gasteiger partial charge is 0.489 e. The van der Waals surface area contributed by atoms with Crippen LogP contribution in [0, 0.1) is 0 Å². The van der Waals surface area contributed by atoms with Crippen LogP contribution in [0.1, 0.15) is 39.7 Å². The average Bonchev–Trinajstić information content (AvgIpc) is 3.24. The summed E-state index contributed by atoms with van der Waals surface area (Å²) in [5.74, 6) is 0.507. The fourth-order valence-corrected chi connectivity index (χ4v) is 5.53. The van der Waals surface area contributed by atoms with Crippen LogP contribution in [-0.4, -0.2) is 42.9 Å². The summed E-state index contributed by atoms with van der Waals surface area (Å²) in [4.78, 5) is 31.7. The van der Waals surface area contributed by atoms with Gasteiger partial charge in [-0.05, 0) is 73.9 Å². The highest BCUT2D eigenvalue weighted by Crippen LogP contribution is 2.40. The fourth-order valence-electron chi connectivity index (χ4n) is 5.40. The van der Waals surface area contributed by atoms with Crippen molar-refractivity contribution in [3.05, 3.63) is 123 Å². The van der Waals surface area contributed by atoms with E-state index < -0.39 is 6.04 Å². The Kier molecular flexibility index (Phi) is 7.05. The summed E-state index contributed by atoms with van der Waals surface area (Å²) in [6.07, 6.45) is 0.757. The van der Waals surface area contributed by atoms with E-state index in [1.807, 2.05) is 93.0 Å². The summed E-state index contributed by atoms with van der Waals surface area (Å²) < 4.78 is 12.4. The highest BCUT2D eigenvalue weighted by Gasteiger charge is 2.42. The number of halogens is 1. The molecule has 1 unspecified atom stereocenters. The van der Waals surface area contributed by atoms with E-state index in [0.717, 1.165) is 34.9 Å². The minimum Gasteiger partial charge on any atom is -0.489 e. The molecule has 7 heteroatoms. The highest BCUT2D eigenvalue weighted by molar-refractivity contribution is 6.30. The highest BCUT2D eigenvalue weighted by atomic mass is 35.5. The third kappa shape index (κ3) is 4.85. The minimum atomic E-state index is -0.573. The Balaban J connectivity index is 1.43. The van der Waals surface area contributed by atoms with Crippen LogP contribution in [0.3, 0.4) is 0 Å². The lowest BCUT2D eigenvalue weighted by molar-refractivity contribution is 0.0722. The van der Waals surface area contributed by atoms with E-state index in [9.17, 15) is 9.59 Å². The molecular formula is C33H29ClN2O4. The summed E-state index contributed by atoms with van der Waals surface area (Å²) in [5.41, 5.74) is 2.44. The Bertz CT molecular complexity index is 1780. The summed E-state index contributed by atoms with van der Waals surface area (Å²) >= 11 is 6.01. The average molecular weight is 553 g/mol. The molecule has 0 spiro atoms. The van der Waals surface area contributed by atoms with E-state index in [0.29, 0.717) is 40.5 Å². The number of nitrogens with zero attached hydrogens (tertiary/aromatic N) is 2. The van der Waals surface area contributed by atoms with Gasteiger partial charge in [-0.15, -0.1) is 0 Å². The van der Waals surface area contributed by atoms with Crippen LogP contribution in [0.5, 0.6) is 5.75 Å². The van der Waals surface area contributed by atoms with Crippen molar-refractivity contribution in [1.29, 1.82) is 0 Å². The zero-order valence-electron chi connectivity index (χ0n) is 22.4. The fraction of sp³-hybridized carbons (Fsp3) is 0.212. The first-order chi connectivity index (χ1) is 19.4. The summed E-state index contributed by atoms with van der Waals surface area (Å²) in [6, 6.07) is 26.0. The summed E-state index contributed by atoms with van der Waals surface area (Å²) in [7, 11) is 4.00. The number of benzene rings is 4. The van der Waals surface area contributed by atoms with Crippen LogP contribution < -0.4 is 10.2 Å². The van der Waals surface area contributed by atoms with Crippen LogP contribution in [0.25, 0.3) is 21.7 Å². The molecule has 0 bridgehead atoms. The van der Waals surface area contributed by atoms with E-state index in [4.69, 9.17) is 20.8 Å². The van der Waals surface area contributed by atoms with Crippen molar-refractivity contribution in [3.63, 3.8) is 0 Å². The van der Waals surface area contributed by atoms with E-state index in [1.54, 1.807) is 11.0 Å². The van der Waals surface area contributed by atoms with Crippen LogP contribution in [-0.2, 0) is 6.61 Å². The molecule has 6 nitrogen and oxygen atoms in total. The lowest BCUT2D eigenvalue weighted by atomic mass is 9.97. The molecule has 6 rings (SSSR count). The molecule has 4 aromatic carbocycles. The van der Waals surface area contributed by atoms with Crippen molar-refractivity contribution in [1.82, 2.24) is 9.80 Å². The third-order valence-electron chi connectivity index (χ3n) is 7.35. The van der Waals surface area contributed by atoms with Crippen LogP contribution in [0.2, 0.25) is 5.02 Å². The molecule has 5 aromatic rings.